The molecule has 1 saturated heterocycles. The van der Waals surface area contributed by atoms with Crippen molar-refractivity contribution in [3.63, 3.8) is 0 Å². The normalized spacial score (nSPS) is 18.1. The number of benzene rings is 2. The minimum atomic E-state index is -4.13. The van der Waals surface area contributed by atoms with Crippen LogP contribution in [0.25, 0.3) is 0 Å². The van der Waals surface area contributed by atoms with E-state index in [1.54, 1.807) is 31.4 Å². The molecule has 44 heavy (non-hydrogen) atoms. The molecule has 0 spiro atoms. The van der Waals surface area contributed by atoms with E-state index in [-0.39, 0.29) is 49.6 Å². The number of carbonyl (C=O) groups is 2. The number of anilines is 1. The Balaban J connectivity index is 1.93. The van der Waals surface area contributed by atoms with Crippen LogP contribution in [0.3, 0.4) is 0 Å². The largest absolute Gasteiger partial charge is 0.509 e. The van der Waals surface area contributed by atoms with E-state index in [1.807, 2.05) is 19.9 Å². The lowest BCUT2D eigenvalue weighted by Gasteiger charge is -2.32. The van der Waals surface area contributed by atoms with Crippen molar-refractivity contribution in [3.8, 4) is 0 Å². The summed E-state index contributed by atoms with van der Waals surface area (Å²) in [6.45, 7) is 4.09. The number of amides is 1. The van der Waals surface area contributed by atoms with E-state index in [0.29, 0.717) is 25.3 Å². The fourth-order valence-corrected chi connectivity index (χ4v) is 6.55. The maximum Gasteiger partial charge on any atom is 0.509 e. The van der Waals surface area contributed by atoms with Crippen LogP contribution in [-0.4, -0.2) is 100 Å². The highest BCUT2D eigenvalue weighted by Crippen LogP contribution is 2.24. The Morgan fingerprint density at radius 1 is 1.07 bits per heavy atom. The molecule has 1 aliphatic rings. The van der Waals surface area contributed by atoms with Gasteiger partial charge in [0.25, 0.3) is 0 Å². The summed E-state index contributed by atoms with van der Waals surface area (Å²) in [5.41, 5.74) is 1.28. The van der Waals surface area contributed by atoms with Crippen molar-refractivity contribution < 1.29 is 47.2 Å². The molecule has 0 bridgehead atoms. The molecule has 0 aromatic heterocycles. The molecular weight excluding hydrogens is 594 g/mol. The topological polar surface area (TPSA) is 173 Å². The molecule has 3 rings (SSSR count). The lowest BCUT2D eigenvalue weighted by molar-refractivity contribution is -0.0264. The number of aliphatic hydroxyl groups excluding tert-OH is 1. The van der Waals surface area contributed by atoms with Crippen LogP contribution in [0.4, 0.5) is 15.3 Å². The maximum absolute atomic E-state index is 13.9. The van der Waals surface area contributed by atoms with Crippen molar-refractivity contribution in [1.29, 1.82) is 0 Å². The predicted octanol–water partition coefficient (Wildman–Crippen LogP) is 3.15. The maximum atomic E-state index is 13.9. The molecule has 1 fully saturated rings. The molecule has 1 heterocycles. The van der Waals surface area contributed by atoms with E-state index >= 15 is 0 Å². The molecule has 1 aliphatic heterocycles. The van der Waals surface area contributed by atoms with Crippen LogP contribution < -0.4 is 10.6 Å². The van der Waals surface area contributed by atoms with Gasteiger partial charge in [-0.15, -0.1) is 0 Å². The molecule has 4 N–H and O–H groups in total. The van der Waals surface area contributed by atoms with Crippen molar-refractivity contribution in [2.75, 3.05) is 52.1 Å². The van der Waals surface area contributed by atoms with Crippen molar-refractivity contribution >= 4 is 28.0 Å². The van der Waals surface area contributed by atoms with Gasteiger partial charge in [0.1, 0.15) is 18.9 Å². The molecule has 0 radical (unpaired) electrons. The van der Waals surface area contributed by atoms with Crippen LogP contribution in [0.15, 0.2) is 59.5 Å². The van der Waals surface area contributed by atoms with Crippen molar-refractivity contribution in [2.45, 2.75) is 49.8 Å². The first-order valence-corrected chi connectivity index (χ1v) is 15.9. The molecule has 0 aliphatic carbocycles. The van der Waals surface area contributed by atoms with Gasteiger partial charge in [-0.2, -0.15) is 4.31 Å². The Morgan fingerprint density at radius 3 is 2.39 bits per heavy atom. The van der Waals surface area contributed by atoms with Crippen LogP contribution in [0, 0.1) is 11.8 Å². The first-order chi connectivity index (χ1) is 21.0. The highest BCUT2D eigenvalue weighted by atomic mass is 32.2. The summed E-state index contributed by atoms with van der Waals surface area (Å²) in [6.07, 6.45) is -3.56. The molecule has 2 unspecified atom stereocenters. The summed E-state index contributed by atoms with van der Waals surface area (Å²) in [6, 6.07) is 13.8. The summed E-state index contributed by atoms with van der Waals surface area (Å²) in [4.78, 5) is 25.1. The Hall–Kier alpha value is -3.43. The monoisotopic (exact) mass is 637 g/mol. The van der Waals surface area contributed by atoms with E-state index in [1.165, 1.54) is 28.6 Å². The van der Waals surface area contributed by atoms with Crippen molar-refractivity contribution in [3.05, 3.63) is 60.2 Å². The quantitative estimate of drug-likeness (QED) is 0.148. The molecule has 1 amide bonds. The van der Waals surface area contributed by atoms with Crippen LogP contribution in [0.2, 0.25) is 0 Å². The zero-order valence-corrected chi connectivity index (χ0v) is 26.1. The third-order valence-corrected chi connectivity index (χ3v) is 8.96. The molecule has 0 saturated carbocycles. The number of aliphatic hydroxyl groups is 1. The zero-order chi connectivity index (χ0) is 32.1. The number of carbonyl (C=O) groups excluding carboxylic acids is 1. The third kappa shape index (κ3) is 10.6. The van der Waals surface area contributed by atoms with Gasteiger partial charge in [0.2, 0.25) is 10.0 Å². The molecule has 13 nitrogen and oxygen atoms in total. The highest BCUT2D eigenvalue weighted by molar-refractivity contribution is 7.89. The molecule has 4 atom stereocenters. The van der Waals surface area contributed by atoms with Gasteiger partial charge >= 0.3 is 12.2 Å². The van der Waals surface area contributed by atoms with E-state index in [2.05, 4.69) is 10.6 Å². The molecular formula is C30H43N3O10S. The van der Waals surface area contributed by atoms with E-state index in [0.717, 1.165) is 5.56 Å². The smallest absolute Gasteiger partial charge is 0.465 e. The minimum absolute atomic E-state index is 0.0159. The number of methoxy groups -OCH3 is 1. The number of nitrogens with one attached hydrogen (secondary N) is 2. The summed E-state index contributed by atoms with van der Waals surface area (Å²) in [5.74, 6) is -0.232. The number of hydrogen-bond donors (Lipinski definition) is 4. The van der Waals surface area contributed by atoms with Gasteiger partial charge < -0.3 is 39.8 Å². The van der Waals surface area contributed by atoms with E-state index in [9.17, 15) is 23.1 Å². The fourth-order valence-electron chi connectivity index (χ4n) is 4.94. The number of nitrogens with zero attached hydrogens (tertiary/aromatic N) is 1. The van der Waals surface area contributed by atoms with Gasteiger partial charge in [0.15, 0.2) is 0 Å². The lowest BCUT2D eigenvalue weighted by Crippen LogP contribution is -2.52. The molecule has 2 aromatic carbocycles. The van der Waals surface area contributed by atoms with Crippen molar-refractivity contribution in [2.24, 2.45) is 11.8 Å². The number of carboxylic acid groups (broad SMARTS) is 1. The van der Waals surface area contributed by atoms with Crippen LogP contribution in [0.1, 0.15) is 25.8 Å². The van der Waals surface area contributed by atoms with Gasteiger partial charge in [0, 0.05) is 31.9 Å². The Bertz CT molecular complexity index is 1280. The van der Waals surface area contributed by atoms with Gasteiger partial charge in [-0.3, -0.25) is 0 Å². The number of rotatable bonds is 17. The average Bonchev–Trinajstić information content (AvgIpc) is 3.42. The molecule has 2 aromatic rings. The second kappa shape index (κ2) is 17.2. The highest BCUT2D eigenvalue weighted by Gasteiger charge is 2.37. The van der Waals surface area contributed by atoms with Gasteiger partial charge in [-0.25, -0.2) is 18.0 Å². The second-order valence-electron chi connectivity index (χ2n) is 11.0. The van der Waals surface area contributed by atoms with Gasteiger partial charge in [-0.05, 0) is 48.6 Å². The number of hydrogen-bond acceptors (Lipinski definition) is 10. The summed E-state index contributed by atoms with van der Waals surface area (Å²) >= 11 is 0. The summed E-state index contributed by atoms with van der Waals surface area (Å²) in [7, 11) is -2.56. The Morgan fingerprint density at radius 2 is 1.77 bits per heavy atom. The standard InChI is InChI=1S/C30H43N3O10S/c1-21(2)16-33(44(38,39)25-11-9-24(10-12-25)31-20-34)17-27(26(32-29(35)36)15-22-7-5-4-6-8-22)42-30(37)43-28-19-41-18-23(28)13-14-40-3/h4-12,21,23,26-28,31-32,34H,13-20H2,1-3H3,(H,35,36)/t23-,26?,27?,28+/m1/s1. The van der Waals surface area contributed by atoms with Gasteiger partial charge in [-0.1, -0.05) is 44.2 Å². The van der Waals surface area contributed by atoms with Crippen LogP contribution in [-0.2, 0) is 35.4 Å². The van der Waals surface area contributed by atoms with E-state index in [4.69, 9.17) is 24.1 Å². The number of ether oxygens (including phenoxy) is 4. The Labute approximate surface area is 258 Å². The van der Waals surface area contributed by atoms with Crippen molar-refractivity contribution in [1.82, 2.24) is 9.62 Å². The lowest BCUT2D eigenvalue weighted by atomic mass is 10.0. The summed E-state index contributed by atoms with van der Waals surface area (Å²) < 4.78 is 51.0. The minimum Gasteiger partial charge on any atom is -0.465 e. The van der Waals surface area contributed by atoms with Gasteiger partial charge in [0.05, 0.1) is 30.7 Å². The van der Waals surface area contributed by atoms with Crippen LogP contribution in [0.5, 0.6) is 0 Å². The first-order valence-electron chi connectivity index (χ1n) is 14.5. The molecule has 244 valence electrons. The SMILES string of the molecule is COCC[C@@H]1COC[C@@H]1OC(=O)OC(CN(CC(C)C)S(=O)(=O)c1ccc(NCO)cc1)C(Cc1ccccc1)NC(=O)O. The summed E-state index contributed by atoms with van der Waals surface area (Å²) in [5, 5.41) is 24.0. The Kier molecular flexibility index (Phi) is 13.7. The molecule has 14 heteroatoms. The number of sulfonamides is 1. The first kappa shape index (κ1) is 35.1. The fraction of sp³-hybridized carbons (Fsp3) is 0.533. The van der Waals surface area contributed by atoms with E-state index < -0.39 is 40.5 Å². The third-order valence-electron chi connectivity index (χ3n) is 7.11. The zero-order valence-electron chi connectivity index (χ0n) is 25.3. The van der Waals surface area contributed by atoms with Crippen LogP contribution >= 0.6 is 0 Å². The second-order valence-corrected chi connectivity index (χ2v) is 12.9. The predicted molar refractivity (Wildman–Crippen MR) is 162 cm³/mol. The average molecular weight is 638 g/mol.